The van der Waals surface area contributed by atoms with Crippen LogP contribution in [-0.2, 0) is 11.3 Å². The third-order valence-corrected chi connectivity index (χ3v) is 5.29. The second-order valence-corrected chi connectivity index (χ2v) is 7.28. The second-order valence-electron chi connectivity index (χ2n) is 6.84. The van der Waals surface area contributed by atoms with Crippen LogP contribution >= 0.6 is 11.6 Å². The predicted molar refractivity (Wildman–Crippen MR) is 107 cm³/mol. The smallest absolute Gasteiger partial charge is 0.239 e. The van der Waals surface area contributed by atoms with Gasteiger partial charge in [-0.1, -0.05) is 23.7 Å². The molecule has 1 amide bonds. The van der Waals surface area contributed by atoms with E-state index < -0.39 is 0 Å². The predicted octanol–water partition coefficient (Wildman–Crippen LogP) is 3.77. The molecule has 6 heteroatoms. The van der Waals surface area contributed by atoms with E-state index in [4.69, 9.17) is 16.3 Å². The SMILES string of the molecule is CCN(C)C(=O)[C@@H](C)N1CCOc2c(O)cc(-c3cccc(Cl)c3)cc2C1. The minimum absolute atomic E-state index is 0.0798. The van der Waals surface area contributed by atoms with Crippen LogP contribution < -0.4 is 4.74 Å². The third-order valence-electron chi connectivity index (χ3n) is 5.06. The summed E-state index contributed by atoms with van der Waals surface area (Å²) in [6.07, 6.45) is 0. The number of halogens is 1. The lowest BCUT2D eigenvalue weighted by molar-refractivity contribution is -0.135. The monoisotopic (exact) mass is 388 g/mol. The summed E-state index contributed by atoms with van der Waals surface area (Å²) >= 11 is 6.11. The summed E-state index contributed by atoms with van der Waals surface area (Å²) < 4.78 is 5.80. The lowest BCUT2D eigenvalue weighted by Gasteiger charge is -2.29. The van der Waals surface area contributed by atoms with Gasteiger partial charge in [-0.2, -0.15) is 0 Å². The van der Waals surface area contributed by atoms with Crippen LogP contribution in [0.4, 0.5) is 0 Å². The number of carbonyl (C=O) groups is 1. The molecule has 1 aliphatic rings. The number of phenols is 1. The topological polar surface area (TPSA) is 53.0 Å². The van der Waals surface area contributed by atoms with Gasteiger partial charge in [-0.15, -0.1) is 0 Å². The van der Waals surface area contributed by atoms with Gasteiger partial charge in [0.15, 0.2) is 11.5 Å². The van der Waals surface area contributed by atoms with E-state index in [2.05, 4.69) is 4.90 Å². The molecule has 0 bridgehead atoms. The number of phenolic OH excluding ortho intramolecular Hbond substituents is 1. The number of aromatic hydroxyl groups is 1. The van der Waals surface area contributed by atoms with Crippen molar-refractivity contribution in [2.24, 2.45) is 0 Å². The average molecular weight is 389 g/mol. The van der Waals surface area contributed by atoms with Gasteiger partial charge in [0.05, 0.1) is 6.04 Å². The van der Waals surface area contributed by atoms with Crippen molar-refractivity contribution in [2.45, 2.75) is 26.4 Å². The molecule has 5 nitrogen and oxygen atoms in total. The van der Waals surface area contributed by atoms with Crippen LogP contribution in [0.1, 0.15) is 19.4 Å². The summed E-state index contributed by atoms with van der Waals surface area (Å²) in [5, 5.41) is 11.1. The molecule has 0 saturated heterocycles. The van der Waals surface area contributed by atoms with Gasteiger partial charge in [-0.25, -0.2) is 0 Å². The molecule has 0 unspecified atom stereocenters. The van der Waals surface area contributed by atoms with Gasteiger partial charge >= 0.3 is 0 Å². The van der Waals surface area contributed by atoms with Crippen LogP contribution in [0.5, 0.6) is 11.5 Å². The zero-order valence-electron chi connectivity index (χ0n) is 15.9. The first-order valence-electron chi connectivity index (χ1n) is 9.14. The molecule has 144 valence electrons. The number of benzene rings is 2. The molecule has 0 fully saturated rings. The molecule has 0 aliphatic carbocycles. The molecule has 27 heavy (non-hydrogen) atoms. The summed E-state index contributed by atoms with van der Waals surface area (Å²) in [7, 11) is 1.81. The summed E-state index contributed by atoms with van der Waals surface area (Å²) in [6, 6.07) is 10.9. The molecule has 2 aromatic carbocycles. The van der Waals surface area contributed by atoms with Gasteiger partial charge in [-0.3, -0.25) is 9.69 Å². The van der Waals surface area contributed by atoms with Crippen molar-refractivity contribution in [3.05, 3.63) is 47.0 Å². The number of hydrogen-bond acceptors (Lipinski definition) is 4. The Morgan fingerprint density at radius 2 is 2.11 bits per heavy atom. The Labute approximate surface area is 165 Å². The van der Waals surface area contributed by atoms with Gasteiger partial charge in [0.2, 0.25) is 5.91 Å². The maximum Gasteiger partial charge on any atom is 0.239 e. The number of carbonyl (C=O) groups excluding carboxylic acids is 1. The Kier molecular flexibility index (Phi) is 5.92. The Morgan fingerprint density at radius 3 is 2.81 bits per heavy atom. The molecule has 1 heterocycles. The van der Waals surface area contributed by atoms with E-state index in [9.17, 15) is 9.90 Å². The lowest BCUT2D eigenvalue weighted by Crippen LogP contribution is -2.46. The fraction of sp³-hybridized carbons (Fsp3) is 0.381. The fourth-order valence-corrected chi connectivity index (χ4v) is 3.51. The lowest BCUT2D eigenvalue weighted by atomic mass is 10.0. The Bertz CT molecular complexity index is 840. The number of amides is 1. The normalized spacial score (nSPS) is 15.4. The van der Waals surface area contributed by atoms with Crippen molar-refractivity contribution in [1.29, 1.82) is 0 Å². The van der Waals surface area contributed by atoms with E-state index >= 15 is 0 Å². The van der Waals surface area contributed by atoms with Gasteiger partial charge in [0.25, 0.3) is 0 Å². The zero-order chi connectivity index (χ0) is 19.6. The summed E-state index contributed by atoms with van der Waals surface area (Å²) in [5.74, 6) is 0.678. The van der Waals surface area contributed by atoms with Gasteiger partial charge < -0.3 is 14.7 Å². The third kappa shape index (κ3) is 4.20. The zero-order valence-corrected chi connectivity index (χ0v) is 16.7. The quantitative estimate of drug-likeness (QED) is 0.866. The van der Waals surface area contributed by atoms with E-state index in [1.165, 1.54) is 0 Å². The molecule has 1 aliphatic heterocycles. The highest BCUT2D eigenvalue weighted by Gasteiger charge is 2.27. The highest BCUT2D eigenvalue weighted by Crippen LogP contribution is 2.38. The number of hydrogen-bond donors (Lipinski definition) is 1. The molecule has 0 spiro atoms. The molecule has 0 aromatic heterocycles. The van der Waals surface area contributed by atoms with Crippen molar-refractivity contribution in [2.75, 3.05) is 26.7 Å². The number of rotatable bonds is 4. The molecule has 1 N–H and O–H groups in total. The standard InChI is InChI=1S/C21H25ClN2O3/c1-4-23(3)21(26)14(2)24-8-9-27-20-17(13-24)10-16(12-19(20)25)15-6-5-7-18(22)11-15/h5-7,10-12,14,25H,4,8-9,13H2,1-3H3/t14-/m1/s1. The highest BCUT2D eigenvalue weighted by atomic mass is 35.5. The van der Waals surface area contributed by atoms with E-state index in [0.29, 0.717) is 37.0 Å². The van der Waals surface area contributed by atoms with Gasteiger partial charge in [0, 0.05) is 37.3 Å². The summed E-state index contributed by atoms with van der Waals surface area (Å²) in [5.41, 5.74) is 2.65. The Morgan fingerprint density at radius 1 is 1.33 bits per heavy atom. The van der Waals surface area contributed by atoms with Crippen LogP contribution in [0.15, 0.2) is 36.4 Å². The van der Waals surface area contributed by atoms with E-state index in [-0.39, 0.29) is 17.7 Å². The maximum absolute atomic E-state index is 12.6. The largest absolute Gasteiger partial charge is 0.504 e. The van der Waals surface area contributed by atoms with Crippen LogP contribution in [0.25, 0.3) is 11.1 Å². The first kappa shape index (κ1) is 19.5. The number of fused-ring (bicyclic) bond motifs is 1. The molecular formula is C21H25ClN2O3. The first-order valence-corrected chi connectivity index (χ1v) is 9.52. The fourth-order valence-electron chi connectivity index (χ4n) is 3.32. The molecule has 1 atom stereocenters. The van der Waals surface area contributed by atoms with Crippen molar-refractivity contribution in [3.8, 4) is 22.6 Å². The van der Waals surface area contributed by atoms with Crippen LogP contribution in [0, 0.1) is 0 Å². The Balaban J connectivity index is 1.93. The number of ether oxygens (including phenoxy) is 1. The summed E-state index contributed by atoms with van der Waals surface area (Å²) in [4.78, 5) is 16.4. The first-order chi connectivity index (χ1) is 12.9. The van der Waals surface area contributed by atoms with Crippen LogP contribution in [-0.4, -0.2) is 53.6 Å². The highest BCUT2D eigenvalue weighted by molar-refractivity contribution is 6.30. The van der Waals surface area contributed by atoms with Crippen molar-refractivity contribution >= 4 is 17.5 Å². The van der Waals surface area contributed by atoms with Crippen LogP contribution in [0.3, 0.4) is 0 Å². The minimum Gasteiger partial charge on any atom is -0.504 e. The second kappa shape index (κ2) is 8.19. The molecule has 0 saturated carbocycles. The molecular weight excluding hydrogens is 364 g/mol. The molecule has 2 aromatic rings. The molecule has 3 rings (SSSR count). The number of likely N-dealkylation sites (N-methyl/N-ethyl adjacent to an activating group) is 1. The van der Waals surface area contributed by atoms with E-state index in [0.717, 1.165) is 16.7 Å². The van der Waals surface area contributed by atoms with Gasteiger partial charge in [0.1, 0.15) is 6.61 Å². The van der Waals surface area contributed by atoms with Crippen molar-refractivity contribution < 1.29 is 14.6 Å². The maximum atomic E-state index is 12.6. The summed E-state index contributed by atoms with van der Waals surface area (Å²) in [6.45, 7) is 6.11. The van der Waals surface area contributed by atoms with Gasteiger partial charge in [-0.05, 0) is 49.2 Å². The average Bonchev–Trinajstić information content (AvgIpc) is 2.89. The van der Waals surface area contributed by atoms with E-state index in [1.54, 1.807) is 11.0 Å². The molecule has 0 radical (unpaired) electrons. The van der Waals surface area contributed by atoms with Crippen molar-refractivity contribution in [1.82, 2.24) is 9.80 Å². The van der Waals surface area contributed by atoms with Crippen molar-refractivity contribution in [3.63, 3.8) is 0 Å². The number of nitrogens with zero attached hydrogens (tertiary/aromatic N) is 2. The van der Waals surface area contributed by atoms with Crippen LogP contribution in [0.2, 0.25) is 5.02 Å². The van der Waals surface area contributed by atoms with E-state index in [1.807, 2.05) is 51.2 Å². The Hall–Kier alpha value is -2.24. The minimum atomic E-state index is -0.263.